The van der Waals surface area contributed by atoms with Crippen LogP contribution in [0.15, 0.2) is 42.1 Å². The lowest BCUT2D eigenvalue weighted by Gasteiger charge is -1.99. The van der Waals surface area contributed by atoms with E-state index in [-0.39, 0.29) is 0 Å². The van der Waals surface area contributed by atoms with Crippen LogP contribution >= 0.6 is 0 Å². The maximum atomic E-state index is 9.18. The minimum absolute atomic E-state index is 0.460. The van der Waals surface area contributed by atoms with Crippen molar-refractivity contribution in [3.05, 3.63) is 53.4 Å². The Bertz CT molecular complexity index is 590. The van der Waals surface area contributed by atoms with E-state index < -0.39 is 0 Å². The molecule has 0 amide bonds. The van der Waals surface area contributed by atoms with Crippen molar-refractivity contribution >= 4 is 6.08 Å². The van der Waals surface area contributed by atoms with Crippen LogP contribution in [-0.2, 0) is 13.0 Å². The van der Waals surface area contributed by atoms with Gasteiger partial charge in [0.25, 0.3) is 0 Å². The van der Waals surface area contributed by atoms with Crippen LogP contribution in [0.4, 0.5) is 0 Å². The molecular weight excluding hydrogens is 236 g/mol. The summed E-state index contributed by atoms with van der Waals surface area (Å²) in [4.78, 5) is 0. The minimum atomic E-state index is 0.460. The summed E-state index contributed by atoms with van der Waals surface area (Å²) in [6, 6.07) is 12.0. The second-order valence-corrected chi connectivity index (χ2v) is 4.35. The van der Waals surface area contributed by atoms with Crippen LogP contribution in [0.2, 0.25) is 0 Å². The van der Waals surface area contributed by atoms with Crippen molar-refractivity contribution in [2.45, 2.75) is 26.3 Å². The zero-order chi connectivity index (χ0) is 13.5. The molecule has 4 nitrogen and oxygen atoms in total. The largest absolute Gasteiger partial charge is 0.247 e. The van der Waals surface area contributed by atoms with Gasteiger partial charge in [0.05, 0.1) is 23.9 Å². The number of nitrogens with zero attached hydrogens (tertiary/aromatic N) is 4. The Labute approximate surface area is 113 Å². The molecule has 1 aromatic heterocycles. The van der Waals surface area contributed by atoms with Crippen molar-refractivity contribution < 1.29 is 0 Å². The maximum Gasteiger partial charge on any atom is 0.0967 e. The second-order valence-electron chi connectivity index (χ2n) is 4.35. The quantitative estimate of drug-likeness (QED) is 0.769. The average Bonchev–Trinajstić information content (AvgIpc) is 2.87. The number of benzene rings is 1. The van der Waals surface area contributed by atoms with Crippen LogP contribution in [-0.4, -0.2) is 15.0 Å². The van der Waals surface area contributed by atoms with Gasteiger partial charge in [-0.1, -0.05) is 48.9 Å². The highest BCUT2D eigenvalue weighted by Gasteiger charge is 2.02. The van der Waals surface area contributed by atoms with E-state index in [2.05, 4.69) is 23.3 Å². The van der Waals surface area contributed by atoms with Crippen molar-refractivity contribution in [2.75, 3.05) is 0 Å². The molecule has 1 heterocycles. The zero-order valence-electron chi connectivity index (χ0n) is 11.0. The van der Waals surface area contributed by atoms with Crippen LogP contribution in [0.5, 0.6) is 0 Å². The molecule has 0 fully saturated rings. The van der Waals surface area contributed by atoms with Gasteiger partial charge < -0.3 is 0 Å². The molecule has 96 valence electrons. The summed E-state index contributed by atoms with van der Waals surface area (Å²) in [7, 11) is 0. The van der Waals surface area contributed by atoms with Gasteiger partial charge in [0.2, 0.25) is 0 Å². The normalized spacial score (nSPS) is 11.3. The molecule has 0 aliphatic carbocycles. The van der Waals surface area contributed by atoms with Crippen LogP contribution in [0.3, 0.4) is 0 Å². The molecule has 0 saturated heterocycles. The lowest BCUT2D eigenvalue weighted by Crippen LogP contribution is -2.00. The lowest BCUT2D eigenvalue weighted by molar-refractivity contribution is 0.651. The van der Waals surface area contributed by atoms with Gasteiger partial charge in [-0.2, -0.15) is 5.26 Å². The summed E-state index contributed by atoms with van der Waals surface area (Å²) in [5, 5.41) is 17.3. The highest BCUT2D eigenvalue weighted by Crippen LogP contribution is 2.08. The SMILES string of the molecule is CCCc1cn(C/C(C#N)=C/c2ccccc2)nn1. The molecule has 0 spiro atoms. The van der Waals surface area contributed by atoms with E-state index in [1.54, 1.807) is 4.68 Å². The summed E-state index contributed by atoms with van der Waals surface area (Å²) >= 11 is 0. The molecule has 0 aliphatic heterocycles. The molecule has 0 N–H and O–H groups in total. The Balaban J connectivity index is 2.11. The molecule has 1 aromatic carbocycles. The third kappa shape index (κ3) is 3.78. The molecule has 0 radical (unpaired) electrons. The number of hydrogen-bond donors (Lipinski definition) is 0. The zero-order valence-corrected chi connectivity index (χ0v) is 11.0. The highest BCUT2D eigenvalue weighted by molar-refractivity contribution is 5.56. The van der Waals surface area contributed by atoms with Gasteiger partial charge in [0.1, 0.15) is 0 Å². The molecule has 0 atom stereocenters. The van der Waals surface area contributed by atoms with Gasteiger partial charge in [-0.25, -0.2) is 4.68 Å². The minimum Gasteiger partial charge on any atom is -0.247 e. The van der Waals surface area contributed by atoms with Crippen molar-refractivity contribution in [3.63, 3.8) is 0 Å². The molecule has 0 bridgehead atoms. The number of hydrogen-bond acceptors (Lipinski definition) is 3. The Morgan fingerprint density at radius 2 is 2.16 bits per heavy atom. The van der Waals surface area contributed by atoms with Gasteiger partial charge in [0.15, 0.2) is 0 Å². The second kappa shape index (κ2) is 6.50. The number of allylic oxidation sites excluding steroid dienone is 1. The predicted octanol–water partition coefficient (Wildman–Crippen LogP) is 2.84. The molecule has 2 rings (SSSR count). The van der Waals surface area contributed by atoms with Crippen molar-refractivity contribution in [2.24, 2.45) is 0 Å². The van der Waals surface area contributed by atoms with Crippen LogP contribution < -0.4 is 0 Å². The van der Waals surface area contributed by atoms with Crippen LogP contribution in [0.25, 0.3) is 6.08 Å². The van der Waals surface area contributed by atoms with E-state index in [4.69, 9.17) is 0 Å². The van der Waals surface area contributed by atoms with Gasteiger partial charge in [-0.05, 0) is 18.1 Å². The van der Waals surface area contributed by atoms with Gasteiger partial charge in [-0.3, -0.25) is 0 Å². The standard InChI is InChI=1S/C15H16N4/c1-2-6-15-12-19(18-17-15)11-14(10-16)9-13-7-4-3-5-8-13/h3-5,7-9,12H,2,6,11H2,1H3/b14-9+. The number of aromatic nitrogens is 3. The first-order chi connectivity index (χ1) is 9.31. The van der Waals surface area contributed by atoms with Crippen LogP contribution in [0.1, 0.15) is 24.6 Å². The molecule has 0 unspecified atom stereocenters. The molecule has 2 aromatic rings. The number of nitriles is 1. The Morgan fingerprint density at radius 3 is 2.84 bits per heavy atom. The fraction of sp³-hybridized carbons (Fsp3) is 0.267. The summed E-state index contributed by atoms with van der Waals surface area (Å²) < 4.78 is 1.71. The third-order valence-corrected chi connectivity index (χ3v) is 2.71. The van der Waals surface area contributed by atoms with E-state index in [1.807, 2.05) is 42.6 Å². The van der Waals surface area contributed by atoms with Crippen molar-refractivity contribution in [3.8, 4) is 6.07 Å². The Hall–Kier alpha value is -2.41. The highest BCUT2D eigenvalue weighted by atomic mass is 15.4. The topological polar surface area (TPSA) is 54.5 Å². The van der Waals surface area contributed by atoms with Gasteiger partial charge in [0, 0.05) is 6.20 Å². The molecule has 4 heteroatoms. The molecule has 0 saturated carbocycles. The third-order valence-electron chi connectivity index (χ3n) is 2.71. The number of aryl methyl sites for hydroxylation is 1. The van der Waals surface area contributed by atoms with Gasteiger partial charge in [-0.15, -0.1) is 5.10 Å². The molecule has 19 heavy (non-hydrogen) atoms. The Kier molecular flexibility index (Phi) is 4.46. The molecular formula is C15H16N4. The van der Waals surface area contributed by atoms with Gasteiger partial charge >= 0.3 is 0 Å². The maximum absolute atomic E-state index is 9.18. The van der Waals surface area contributed by atoms with E-state index in [0.717, 1.165) is 24.1 Å². The van der Waals surface area contributed by atoms with E-state index in [1.165, 1.54) is 0 Å². The lowest BCUT2D eigenvalue weighted by atomic mass is 10.1. The van der Waals surface area contributed by atoms with E-state index in [9.17, 15) is 5.26 Å². The number of rotatable bonds is 5. The smallest absolute Gasteiger partial charge is 0.0967 e. The molecule has 0 aliphatic rings. The first kappa shape index (κ1) is 13.0. The van der Waals surface area contributed by atoms with E-state index >= 15 is 0 Å². The predicted molar refractivity (Wildman–Crippen MR) is 74.0 cm³/mol. The van der Waals surface area contributed by atoms with E-state index in [0.29, 0.717) is 12.1 Å². The van der Waals surface area contributed by atoms with Crippen LogP contribution in [0, 0.1) is 11.3 Å². The Morgan fingerprint density at radius 1 is 1.37 bits per heavy atom. The summed E-state index contributed by atoms with van der Waals surface area (Å²) in [5.74, 6) is 0. The summed E-state index contributed by atoms with van der Waals surface area (Å²) in [6.45, 7) is 2.57. The van der Waals surface area contributed by atoms with Crippen molar-refractivity contribution in [1.29, 1.82) is 5.26 Å². The first-order valence-corrected chi connectivity index (χ1v) is 6.36. The fourth-order valence-corrected chi connectivity index (χ4v) is 1.82. The summed E-state index contributed by atoms with van der Waals surface area (Å²) in [6.07, 6.45) is 5.74. The monoisotopic (exact) mass is 252 g/mol. The summed E-state index contributed by atoms with van der Waals surface area (Å²) in [5.41, 5.74) is 2.66. The first-order valence-electron chi connectivity index (χ1n) is 6.36. The fourth-order valence-electron chi connectivity index (χ4n) is 1.82. The average molecular weight is 252 g/mol. The van der Waals surface area contributed by atoms with Crippen molar-refractivity contribution in [1.82, 2.24) is 15.0 Å².